The molecule has 130 valence electrons. The summed E-state index contributed by atoms with van der Waals surface area (Å²) in [6, 6.07) is 15.9. The SMILES string of the molecule is CC12CCCC(=O)N1c1ccccc1-c1nc(-c3ccccc3Br)nn12. The molecule has 0 radical (unpaired) electrons. The number of aromatic nitrogens is 3. The zero-order valence-electron chi connectivity index (χ0n) is 14.3. The molecule has 0 saturated carbocycles. The van der Waals surface area contributed by atoms with Crippen molar-refractivity contribution in [2.24, 2.45) is 0 Å². The van der Waals surface area contributed by atoms with Crippen molar-refractivity contribution in [2.45, 2.75) is 31.8 Å². The molecule has 1 saturated heterocycles. The number of rotatable bonds is 1. The third-order valence-corrected chi connectivity index (χ3v) is 6.03. The minimum atomic E-state index is -0.522. The summed E-state index contributed by atoms with van der Waals surface area (Å²) in [6.45, 7) is 2.09. The van der Waals surface area contributed by atoms with Crippen LogP contribution in [0.4, 0.5) is 5.69 Å². The van der Waals surface area contributed by atoms with Gasteiger partial charge in [-0.2, -0.15) is 0 Å². The highest BCUT2D eigenvalue weighted by Gasteiger charge is 2.47. The summed E-state index contributed by atoms with van der Waals surface area (Å²) in [5.41, 5.74) is 2.30. The van der Waals surface area contributed by atoms with E-state index in [0.29, 0.717) is 12.2 Å². The summed E-state index contributed by atoms with van der Waals surface area (Å²) in [5, 5.41) is 4.85. The van der Waals surface area contributed by atoms with Crippen LogP contribution in [0.3, 0.4) is 0 Å². The molecule has 1 unspecified atom stereocenters. The number of halogens is 1. The molecule has 2 aromatic carbocycles. The Morgan fingerprint density at radius 2 is 1.81 bits per heavy atom. The Morgan fingerprint density at radius 1 is 1.08 bits per heavy atom. The van der Waals surface area contributed by atoms with Gasteiger partial charge < -0.3 is 0 Å². The van der Waals surface area contributed by atoms with E-state index in [-0.39, 0.29) is 5.91 Å². The first-order chi connectivity index (χ1) is 12.6. The number of amides is 1. The number of anilines is 1. The summed E-state index contributed by atoms with van der Waals surface area (Å²) in [6.07, 6.45) is 2.29. The van der Waals surface area contributed by atoms with Crippen molar-refractivity contribution >= 4 is 27.5 Å². The van der Waals surface area contributed by atoms with Crippen molar-refractivity contribution in [1.82, 2.24) is 14.8 Å². The smallest absolute Gasteiger partial charge is 0.228 e. The van der Waals surface area contributed by atoms with E-state index < -0.39 is 5.66 Å². The molecular formula is C20H17BrN4O. The molecule has 26 heavy (non-hydrogen) atoms. The fraction of sp³-hybridized carbons (Fsp3) is 0.250. The Bertz CT molecular complexity index is 1040. The molecule has 1 fully saturated rings. The van der Waals surface area contributed by atoms with Crippen molar-refractivity contribution in [3.8, 4) is 22.8 Å². The van der Waals surface area contributed by atoms with Crippen molar-refractivity contribution in [2.75, 3.05) is 4.90 Å². The van der Waals surface area contributed by atoms with E-state index >= 15 is 0 Å². The lowest BCUT2D eigenvalue weighted by Gasteiger charge is -2.48. The standard InChI is InChI=1S/C20H17BrN4O/c1-20-12-6-11-17(26)24(20)16-10-5-3-8-14(16)19-22-18(23-25(19)20)13-7-2-4-9-15(13)21/h2-5,7-10H,6,11-12H2,1H3. The van der Waals surface area contributed by atoms with Crippen molar-refractivity contribution in [3.63, 3.8) is 0 Å². The molecule has 6 heteroatoms. The number of piperidine rings is 1. The van der Waals surface area contributed by atoms with Crippen LogP contribution in [0, 0.1) is 0 Å². The van der Waals surface area contributed by atoms with E-state index in [9.17, 15) is 4.79 Å². The van der Waals surface area contributed by atoms with Gasteiger partial charge in [0.25, 0.3) is 0 Å². The van der Waals surface area contributed by atoms with E-state index in [1.807, 2.05) is 58.1 Å². The maximum absolute atomic E-state index is 12.8. The number of hydrogen-bond donors (Lipinski definition) is 0. The minimum absolute atomic E-state index is 0.148. The Kier molecular flexibility index (Phi) is 3.34. The highest BCUT2D eigenvalue weighted by atomic mass is 79.9. The summed E-state index contributed by atoms with van der Waals surface area (Å²) in [4.78, 5) is 19.6. The number of fused-ring (bicyclic) bond motifs is 6. The highest BCUT2D eigenvalue weighted by Crippen LogP contribution is 2.47. The second-order valence-electron chi connectivity index (χ2n) is 6.97. The van der Waals surface area contributed by atoms with Gasteiger partial charge in [0, 0.05) is 22.0 Å². The Balaban J connectivity index is 1.79. The molecule has 5 nitrogen and oxygen atoms in total. The maximum Gasteiger partial charge on any atom is 0.228 e. The number of hydrogen-bond acceptors (Lipinski definition) is 3. The average molecular weight is 409 g/mol. The third-order valence-electron chi connectivity index (χ3n) is 5.34. The second-order valence-corrected chi connectivity index (χ2v) is 7.82. The third kappa shape index (κ3) is 2.05. The van der Waals surface area contributed by atoms with Crippen LogP contribution < -0.4 is 4.90 Å². The lowest BCUT2D eigenvalue weighted by Crippen LogP contribution is -2.57. The molecule has 2 aliphatic heterocycles. The monoisotopic (exact) mass is 408 g/mol. The summed E-state index contributed by atoms with van der Waals surface area (Å²) >= 11 is 3.60. The van der Waals surface area contributed by atoms with E-state index in [2.05, 4.69) is 22.9 Å². The van der Waals surface area contributed by atoms with E-state index in [1.165, 1.54) is 0 Å². The quantitative estimate of drug-likeness (QED) is 0.591. The van der Waals surface area contributed by atoms with Crippen LogP contribution in [-0.2, 0) is 10.5 Å². The zero-order chi connectivity index (χ0) is 17.9. The molecular weight excluding hydrogens is 392 g/mol. The minimum Gasteiger partial charge on any atom is -0.286 e. The van der Waals surface area contributed by atoms with E-state index in [1.54, 1.807) is 0 Å². The molecule has 0 aliphatic carbocycles. The van der Waals surface area contributed by atoms with Gasteiger partial charge in [-0.3, -0.25) is 9.69 Å². The first-order valence-electron chi connectivity index (χ1n) is 8.74. The topological polar surface area (TPSA) is 51.0 Å². The van der Waals surface area contributed by atoms with Crippen molar-refractivity contribution in [3.05, 3.63) is 53.0 Å². The van der Waals surface area contributed by atoms with Gasteiger partial charge in [-0.05, 0) is 44.0 Å². The van der Waals surface area contributed by atoms with Crippen LogP contribution >= 0.6 is 15.9 Å². The van der Waals surface area contributed by atoms with Crippen LogP contribution in [0.15, 0.2) is 53.0 Å². The van der Waals surface area contributed by atoms with Crippen LogP contribution in [-0.4, -0.2) is 20.7 Å². The lowest BCUT2D eigenvalue weighted by molar-refractivity contribution is -0.122. The Labute approximate surface area is 159 Å². The predicted octanol–water partition coefficient (Wildman–Crippen LogP) is 4.58. The molecule has 2 aliphatic rings. The number of para-hydroxylation sites is 1. The molecule has 1 amide bonds. The largest absolute Gasteiger partial charge is 0.286 e. The van der Waals surface area contributed by atoms with Gasteiger partial charge in [-0.25, -0.2) is 9.67 Å². The number of benzene rings is 2. The second kappa shape index (κ2) is 5.51. The van der Waals surface area contributed by atoms with Gasteiger partial charge in [0.15, 0.2) is 11.6 Å². The summed E-state index contributed by atoms with van der Waals surface area (Å²) in [5.74, 6) is 1.64. The Morgan fingerprint density at radius 3 is 2.62 bits per heavy atom. The highest BCUT2D eigenvalue weighted by molar-refractivity contribution is 9.10. The predicted molar refractivity (Wildman–Crippen MR) is 104 cm³/mol. The molecule has 0 bridgehead atoms. The van der Waals surface area contributed by atoms with Crippen LogP contribution in [0.25, 0.3) is 22.8 Å². The first-order valence-corrected chi connectivity index (χ1v) is 9.54. The normalized spacial score (nSPS) is 21.2. The van der Waals surface area contributed by atoms with Crippen LogP contribution in [0.2, 0.25) is 0 Å². The van der Waals surface area contributed by atoms with Crippen molar-refractivity contribution in [1.29, 1.82) is 0 Å². The van der Waals surface area contributed by atoms with Crippen molar-refractivity contribution < 1.29 is 4.79 Å². The van der Waals surface area contributed by atoms with Gasteiger partial charge in [0.1, 0.15) is 5.66 Å². The summed E-state index contributed by atoms with van der Waals surface area (Å²) in [7, 11) is 0. The van der Waals surface area contributed by atoms with Gasteiger partial charge in [0.05, 0.1) is 5.69 Å². The van der Waals surface area contributed by atoms with Gasteiger partial charge in [0.2, 0.25) is 5.91 Å². The number of carbonyl (C=O) groups excluding carboxylic acids is 1. The average Bonchev–Trinajstić information content (AvgIpc) is 3.08. The van der Waals surface area contributed by atoms with Crippen LogP contribution in [0.1, 0.15) is 26.2 Å². The maximum atomic E-state index is 12.8. The molecule has 3 aromatic rings. The fourth-order valence-corrected chi connectivity index (χ4v) is 4.56. The van der Waals surface area contributed by atoms with Gasteiger partial charge in [-0.15, -0.1) is 5.10 Å². The molecule has 0 N–H and O–H groups in total. The Hall–Kier alpha value is -2.47. The van der Waals surface area contributed by atoms with Gasteiger partial charge >= 0.3 is 0 Å². The molecule has 5 rings (SSSR count). The van der Waals surface area contributed by atoms with Crippen LogP contribution in [0.5, 0.6) is 0 Å². The molecule has 3 heterocycles. The molecule has 1 aromatic heterocycles. The zero-order valence-corrected chi connectivity index (χ0v) is 15.9. The van der Waals surface area contributed by atoms with E-state index in [4.69, 9.17) is 10.1 Å². The first kappa shape index (κ1) is 15.8. The number of nitrogens with zero attached hydrogens (tertiary/aromatic N) is 4. The van der Waals surface area contributed by atoms with Gasteiger partial charge in [-0.1, -0.05) is 40.2 Å². The lowest BCUT2D eigenvalue weighted by atomic mass is 9.91. The fourth-order valence-electron chi connectivity index (χ4n) is 4.10. The molecule has 0 spiro atoms. The number of carbonyl (C=O) groups is 1. The summed E-state index contributed by atoms with van der Waals surface area (Å²) < 4.78 is 2.90. The molecule has 1 atom stereocenters. The van der Waals surface area contributed by atoms with E-state index in [0.717, 1.165) is 40.0 Å².